The van der Waals surface area contributed by atoms with Crippen LogP contribution in [0.5, 0.6) is 0 Å². The van der Waals surface area contributed by atoms with Gasteiger partial charge in [-0.25, -0.2) is 8.42 Å². The van der Waals surface area contributed by atoms with Crippen molar-refractivity contribution >= 4 is 10.0 Å². The smallest absolute Gasteiger partial charge is 0.218 e. The third kappa shape index (κ3) is 4.03. The molecule has 0 saturated carbocycles. The monoisotopic (exact) mass is 312 g/mol. The lowest BCUT2D eigenvalue weighted by Crippen LogP contribution is -2.41. The van der Waals surface area contributed by atoms with Crippen LogP contribution < -0.4 is 5.32 Å². The fraction of sp³-hybridized carbons (Fsp3) is 0.600. The van der Waals surface area contributed by atoms with Crippen molar-refractivity contribution in [2.24, 2.45) is 0 Å². The number of nitrogens with zero attached hydrogens (tertiary/aromatic N) is 1. The SMILES string of the molecule is CNCc1cccc(CS(=O)(=O)N(C)C2CCOC2C)c1. The van der Waals surface area contributed by atoms with Crippen molar-refractivity contribution in [3.8, 4) is 0 Å². The third-order valence-electron chi connectivity index (χ3n) is 3.96. The van der Waals surface area contributed by atoms with Gasteiger partial charge in [-0.2, -0.15) is 4.31 Å². The Hall–Kier alpha value is -0.950. The summed E-state index contributed by atoms with van der Waals surface area (Å²) in [5, 5.41) is 3.07. The summed E-state index contributed by atoms with van der Waals surface area (Å²) >= 11 is 0. The number of hydrogen-bond acceptors (Lipinski definition) is 4. The summed E-state index contributed by atoms with van der Waals surface area (Å²) in [5.74, 6) is 0.0320. The maximum atomic E-state index is 12.6. The highest BCUT2D eigenvalue weighted by atomic mass is 32.2. The molecule has 0 spiro atoms. The second-order valence-corrected chi connectivity index (χ2v) is 7.58. The zero-order valence-electron chi connectivity index (χ0n) is 12.9. The molecule has 5 nitrogen and oxygen atoms in total. The Morgan fingerprint density at radius 2 is 2.10 bits per heavy atom. The van der Waals surface area contributed by atoms with Gasteiger partial charge in [0.1, 0.15) is 0 Å². The number of rotatable bonds is 6. The predicted molar refractivity (Wildman–Crippen MR) is 83.4 cm³/mol. The van der Waals surface area contributed by atoms with Crippen molar-refractivity contribution in [2.45, 2.75) is 37.8 Å². The van der Waals surface area contributed by atoms with Crippen LogP contribution in [-0.2, 0) is 27.1 Å². The Kier molecular flexibility index (Phi) is 5.37. The first-order valence-electron chi connectivity index (χ1n) is 7.24. The van der Waals surface area contributed by atoms with Crippen molar-refractivity contribution < 1.29 is 13.2 Å². The van der Waals surface area contributed by atoms with E-state index < -0.39 is 10.0 Å². The van der Waals surface area contributed by atoms with Gasteiger partial charge in [-0.3, -0.25) is 0 Å². The molecule has 21 heavy (non-hydrogen) atoms. The Bertz CT molecular complexity index is 574. The zero-order valence-corrected chi connectivity index (χ0v) is 13.7. The number of benzene rings is 1. The second-order valence-electron chi connectivity index (χ2n) is 5.55. The van der Waals surface area contributed by atoms with Gasteiger partial charge in [-0.1, -0.05) is 24.3 Å². The van der Waals surface area contributed by atoms with Gasteiger partial charge in [0.2, 0.25) is 10.0 Å². The molecule has 2 unspecified atom stereocenters. The molecule has 1 aromatic carbocycles. The molecule has 118 valence electrons. The lowest BCUT2D eigenvalue weighted by Gasteiger charge is -2.26. The summed E-state index contributed by atoms with van der Waals surface area (Å²) in [6.45, 7) is 3.29. The molecule has 1 fully saturated rings. The van der Waals surface area contributed by atoms with Gasteiger partial charge in [-0.05, 0) is 31.5 Å². The summed E-state index contributed by atoms with van der Waals surface area (Å²) in [7, 11) is 0.201. The number of nitrogens with one attached hydrogen (secondary N) is 1. The molecule has 0 amide bonds. The van der Waals surface area contributed by atoms with Gasteiger partial charge < -0.3 is 10.1 Å². The van der Waals surface area contributed by atoms with Gasteiger partial charge in [0.25, 0.3) is 0 Å². The molecule has 2 rings (SSSR count). The standard InChI is InChI=1S/C15H24N2O3S/c1-12-15(7-8-20-12)17(3)21(18,19)11-14-6-4-5-13(9-14)10-16-2/h4-6,9,12,15-16H,7-8,10-11H2,1-3H3. The Labute approximate surface area is 127 Å². The van der Waals surface area contributed by atoms with E-state index in [1.807, 2.05) is 38.2 Å². The molecule has 0 bridgehead atoms. The van der Waals surface area contributed by atoms with Gasteiger partial charge in [0.05, 0.1) is 17.9 Å². The van der Waals surface area contributed by atoms with Gasteiger partial charge >= 0.3 is 0 Å². The van der Waals surface area contributed by atoms with Crippen molar-refractivity contribution in [3.05, 3.63) is 35.4 Å². The van der Waals surface area contributed by atoms with Crippen molar-refractivity contribution in [2.75, 3.05) is 20.7 Å². The number of hydrogen-bond donors (Lipinski definition) is 1. The number of ether oxygens (including phenoxy) is 1. The topological polar surface area (TPSA) is 58.6 Å². The Morgan fingerprint density at radius 3 is 2.71 bits per heavy atom. The predicted octanol–water partition coefficient (Wildman–Crippen LogP) is 1.35. The average Bonchev–Trinajstić information content (AvgIpc) is 2.84. The minimum Gasteiger partial charge on any atom is -0.377 e. The fourth-order valence-electron chi connectivity index (χ4n) is 2.75. The molecule has 2 atom stereocenters. The minimum atomic E-state index is -3.33. The highest BCUT2D eigenvalue weighted by molar-refractivity contribution is 7.88. The highest BCUT2D eigenvalue weighted by Crippen LogP contribution is 2.22. The number of sulfonamides is 1. The van der Waals surface area contributed by atoms with Crippen LogP contribution >= 0.6 is 0 Å². The molecule has 1 aliphatic heterocycles. The summed E-state index contributed by atoms with van der Waals surface area (Å²) in [5.41, 5.74) is 1.91. The maximum absolute atomic E-state index is 12.6. The quantitative estimate of drug-likeness (QED) is 0.861. The molecular formula is C15H24N2O3S. The highest BCUT2D eigenvalue weighted by Gasteiger charge is 2.34. The van der Waals surface area contributed by atoms with Gasteiger partial charge in [0.15, 0.2) is 0 Å². The van der Waals surface area contributed by atoms with Gasteiger partial charge in [-0.15, -0.1) is 0 Å². The van der Waals surface area contributed by atoms with Crippen LogP contribution in [0.3, 0.4) is 0 Å². The van der Waals surface area contributed by atoms with Gasteiger partial charge in [0, 0.05) is 20.2 Å². The summed E-state index contributed by atoms with van der Waals surface area (Å²) in [6.07, 6.45) is 0.719. The normalized spacial score (nSPS) is 22.9. The van der Waals surface area contributed by atoms with Crippen LogP contribution in [0, 0.1) is 0 Å². The number of likely N-dealkylation sites (N-methyl/N-ethyl adjacent to an activating group) is 1. The first-order chi connectivity index (χ1) is 9.94. The van der Waals surface area contributed by atoms with Crippen LogP contribution in [0.15, 0.2) is 24.3 Å². The van der Waals surface area contributed by atoms with E-state index in [0.29, 0.717) is 6.61 Å². The van der Waals surface area contributed by atoms with E-state index in [4.69, 9.17) is 4.74 Å². The van der Waals surface area contributed by atoms with Crippen LogP contribution in [-0.4, -0.2) is 45.6 Å². The van der Waals surface area contributed by atoms with Crippen molar-refractivity contribution in [1.82, 2.24) is 9.62 Å². The lowest BCUT2D eigenvalue weighted by molar-refractivity contribution is 0.102. The van der Waals surface area contributed by atoms with E-state index in [0.717, 1.165) is 24.1 Å². The molecule has 0 radical (unpaired) electrons. The first-order valence-corrected chi connectivity index (χ1v) is 8.84. The van der Waals surface area contributed by atoms with E-state index in [9.17, 15) is 8.42 Å². The van der Waals surface area contributed by atoms with Crippen LogP contribution in [0.4, 0.5) is 0 Å². The second kappa shape index (κ2) is 6.87. The maximum Gasteiger partial charge on any atom is 0.218 e. The Morgan fingerprint density at radius 1 is 1.38 bits per heavy atom. The summed E-state index contributed by atoms with van der Waals surface area (Å²) < 4.78 is 32.1. The molecule has 1 aliphatic rings. The molecular weight excluding hydrogens is 288 g/mol. The first kappa shape index (κ1) is 16.4. The fourth-order valence-corrected chi connectivity index (χ4v) is 4.24. The average molecular weight is 312 g/mol. The summed E-state index contributed by atoms with van der Waals surface area (Å²) in [6, 6.07) is 7.63. The molecule has 1 heterocycles. The van der Waals surface area contributed by atoms with E-state index >= 15 is 0 Å². The largest absolute Gasteiger partial charge is 0.377 e. The molecule has 1 saturated heterocycles. The van der Waals surface area contributed by atoms with E-state index in [2.05, 4.69) is 5.32 Å². The van der Waals surface area contributed by atoms with E-state index in [1.54, 1.807) is 7.05 Å². The molecule has 6 heteroatoms. The van der Waals surface area contributed by atoms with Crippen LogP contribution in [0.25, 0.3) is 0 Å². The lowest BCUT2D eigenvalue weighted by atomic mass is 10.1. The van der Waals surface area contributed by atoms with Crippen LogP contribution in [0.2, 0.25) is 0 Å². The minimum absolute atomic E-state index is 0.0320. The van der Waals surface area contributed by atoms with E-state index in [1.165, 1.54) is 4.31 Å². The summed E-state index contributed by atoms with van der Waals surface area (Å²) in [4.78, 5) is 0. The third-order valence-corrected chi connectivity index (χ3v) is 5.81. The van der Waals surface area contributed by atoms with Crippen LogP contribution in [0.1, 0.15) is 24.5 Å². The molecule has 1 aromatic rings. The van der Waals surface area contributed by atoms with Crippen molar-refractivity contribution in [3.63, 3.8) is 0 Å². The van der Waals surface area contributed by atoms with Crippen molar-refractivity contribution in [1.29, 1.82) is 0 Å². The molecule has 0 aromatic heterocycles. The van der Waals surface area contributed by atoms with E-state index in [-0.39, 0.29) is 17.9 Å². The Balaban J connectivity index is 2.11. The zero-order chi connectivity index (χ0) is 15.5. The molecule has 0 aliphatic carbocycles. The molecule has 1 N–H and O–H groups in total.